The van der Waals surface area contributed by atoms with Gasteiger partial charge < -0.3 is 13.6 Å². The second-order valence-electron chi connectivity index (χ2n) is 14.1. The summed E-state index contributed by atoms with van der Waals surface area (Å²) < 4.78 is 11.0. The van der Waals surface area contributed by atoms with Crippen LogP contribution in [0.2, 0.25) is 0 Å². The second-order valence-corrected chi connectivity index (χ2v) is 14.1. The highest BCUT2D eigenvalue weighted by atomic mass is 16.3. The first-order chi connectivity index (χ1) is 27.1. The zero-order chi connectivity index (χ0) is 36.6. The number of aldehydes is 2. The smallest absolute Gasteiger partial charge is 0.150 e. The molecule has 0 amide bonds. The number of para-hydroxylation sites is 2. The number of furan rings is 1. The number of aromatic nitrogens is 2. The van der Waals surface area contributed by atoms with Gasteiger partial charge in [0.1, 0.15) is 23.7 Å². The maximum Gasteiger partial charge on any atom is 0.150 e. The van der Waals surface area contributed by atoms with E-state index in [2.05, 4.69) is 130 Å². The van der Waals surface area contributed by atoms with Crippen molar-refractivity contribution in [1.29, 1.82) is 0 Å². The van der Waals surface area contributed by atoms with Crippen LogP contribution in [-0.4, -0.2) is 21.7 Å². The summed E-state index contributed by atoms with van der Waals surface area (Å²) in [6.07, 6.45) is 1.80. The number of benzene rings is 8. The monoisotopic (exact) mass is 706 g/mol. The molecular weight excluding hydrogens is 677 g/mol. The molecule has 258 valence electrons. The highest BCUT2D eigenvalue weighted by Crippen LogP contribution is 2.38. The maximum absolute atomic E-state index is 11.5. The lowest BCUT2D eigenvalue weighted by Gasteiger charge is -2.09. The molecule has 0 aliphatic carbocycles. The van der Waals surface area contributed by atoms with Crippen LogP contribution in [0.5, 0.6) is 0 Å². The fraction of sp³-hybridized carbons (Fsp3) is 0. The molecule has 3 aromatic heterocycles. The van der Waals surface area contributed by atoms with Gasteiger partial charge in [-0.1, -0.05) is 72.8 Å². The molecule has 0 fully saturated rings. The molecule has 0 aliphatic heterocycles. The van der Waals surface area contributed by atoms with E-state index in [0.29, 0.717) is 11.1 Å². The predicted octanol–water partition coefficient (Wildman–Crippen LogP) is 12.7. The molecule has 0 aliphatic rings. The average Bonchev–Trinajstić information content (AvgIpc) is 3.90. The Morgan fingerprint density at radius 1 is 0.345 bits per heavy atom. The predicted molar refractivity (Wildman–Crippen MR) is 224 cm³/mol. The maximum atomic E-state index is 11.5. The van der Waals surface area contributed by atoms with E-state index in [1.807, 2.05) is 48.5 Å². The van der Waals surface area contributed by atoms with Crippen molar-refractivity contribution in [2.45, 2.75) is 0 Å². The van der Waals surface area contributed by atoms with E-state index in [4.69, 9.17) is 4.42 Å². The Hall–Kier alpha value is -7.50. The van der Waals surface area contributed by atoms with E-state index in [0.717, 1.165) is 112 Å². The molecule has 0 unspecified atom stereocenters. The third kappa shape index (κ3) is 4.80. The number of carbonyl (C=O) groups is 2. The van der Waals surface area contributed by atoms with E-state index < -0.39 is 0 Å². The number of hydrogen-bond acceptors (Lipinski definition) is 3. The van der Waals surface area contributed by atoms with E-state index in [9.17, 15) is 9.59 Å². The van der Waals surface area contributed by atoms with Gasteiger partial charge in [-0.15, -0.1) is 0 Å². The number of rotatable bonds is 6. The molecule has 11 rings (SSSR count). The van der Waals surface area contributed by atoms with Crippen molar-refractivity contribution in [1.82, 2.24) is 9.13 Å². The van der Waals surface area contributed by atoms with Gasteiger partial charge >= 0.3 is 0 Å². The van der Waals surface area contributed by atoms with Crippen LogP contribution >= 0.6 is 0 Å². The number of nitrogens with zero attached hydrogens (tertiary/aromatic N) is 2. The lowest BCUT2D eigenvalue weighted by Crippen LogP contribution is -1.93. The SMILES string of the molecule is O=Cc1ccc2c(c1)c1ccccc1n2-c1ccc(-c2ccc3c(c2)oc2cc(-c4ccc(-n5c6ccccc6c6cc(C=O)ccc65)cc4)ccc23)cc1. The average molecular weight is 707 g/mol. The summed E-state index contributed by atoms with van der Waals surface area (Å²) in [7, 11) is 0. The summed E-state index contributed by atoms with van der Waals surface area (Å²) in [5.41, 5.74) is 13.9. The standard InChI is InChI=1S/C50H30N2O3/c53-29-31-9-23-47-43(25-31)39-5-1-3-7-45(39)51(47)37-17-11-33(12-18-37)35-15-21-41-42-22-16-36(28-50(42)55-49(41)27-35)34-13-19-38(20-14-34)52-46-8-4-2-6-40(46)44-26-32(30-54)10-24-48(44)52/h1-30H. The highest BCUT2D eigenvalue weighted by Gasteiger charge is 2.16. The molecule has 11 aromatic rings. The molecule has 0 radical (unpaired) electrons. The minimum absolute atomic E-state index is 0.672. The van der Waals surface area contributed by atoms with Crippen molar-refractivity contribution in [2.24, 2.45) is 0 Å². The lowest BCUT2D eigenvalue weighted by molar-refractivity contribution is 0.111. The van der Waals surface area contributed by atoms with Crippen LogP contribution in [0, 0.1) is 0 Å². The molecule has 0 atom stereocenters. The zero-order valence-corrected chi connectivity index (χ0v) is 29.4. The summed E-state index contributed by atoms with van der Waals surface area (Å²) in [6, 6.07) is 58.5. The Morgan fingerprint density at radius 2 is 0.745 bits per heavy atom. The van der Waals surface area contributed by atoms with Crippen LogP contribution in [0.1, 0.15) is 20.7 Å². The first kappa shape index (κ1) is 31.1. The van der Waals surface area contributed by atoms with Crippen molar-refractivity contribution in [2.75, 3.05) is 0 Å². The highest BCUT2D eigenvalue weighted by molar-refractivity contribution is 6.12. The van der Waals surface area contributed by atoms with Gasteiger partial charge in [-0.3, -0.25) is 9.59 Å². The van der Waals surface area contributed by atoms with E-state index in [1.165, 1.54) is 0 Å². The Kier molecular flexibility index (Phi) is 6.79. The first-order valence-electron chi connectivity index (χ1n) is 18.3. The Bertz CT molecular complexity index is 3120. The fourth-order valence-corrected chi connectivity index (χ4v) is 8.43. The van der Waals surface area contributed by atoms with Gasteiger partial charge in [-0.2, -0.15) is 0 Å². The van der Waals surface area contributed by atoms with E-state index in [1.54, 1.807) is 0 Å². The van der Waals surface area contributed by atoms with Crippen molar-refractivity contribution in [3.05, 3.63) is 181 Å². The summed E-state index contributed by atoms with van der Waals surface area (Å²) >= 11 is 0. The van der Waals surface area contributed by atoms with Crippen LogP contribution in [-0.2, 0) is 0 Å². The van der Waals surface area contributed by atoms with Gasteiger partial charge in [-0.25, -0.2) is 0 Å². The molecule has 0 saturated heterocycles. The normalized spacial score (nSPS) is 11.8. The topological polar surface area (TPSA) is 57.1 Å². The van der Waals surface area contributed by atoms with Gasteiger partial charge in [0.25, 0.3) is 0 Å². The number of carbonyl (C=O) groups excluding carboxylic acids is 2. The quantitative estimate of drug-likeness (QED) is 0.162. The van der Waals surface area contributed by atoms with Gasteiger partial charge in [-0.05, 0) is 119 Å². The van der Waals surface area contributed by atoms with Crippen molar-refractivity contribution >= 4 is 78.1 Å². The molecule has 0 spiro atoms. The molecule has 8 aromatic carbocycles. The second kappa shape index (κ2) is 12.0. The number of hydrogen-bond donors (Lipinski definition) is 0. The minimum Gasteiger partial charge on any atom is -0.456 e. The van der Waals surface area contributed by atoms with Crippen LogP contribution in [0.3, 0.4) is 0 Å². The molecule has 0 N–H and O–H groups in total. The van der Waals surface area contributed by atoms with E-state index in [-0.39, 0.29) is 0 Å². The summed E-state index contributed by atoms with van der Waals surface area (Å²) in [5.74, 6) is 0. The van der Waals surface area contributed by atoms with Crippen molar-refractivity contribution in [3.63, 3.8) is 0 Å². The Morgan fingerprint density at radius 3 is 1.18 bits per heavy atom. The van der Waals surface area contributed by atoms with Crippen LogP contribution in [0.4, 0.5) is 0 Å². The van der Waals surface area contributed by atoms with Gasteiger partial charge in [0.05, 0.1) is 22.1 Å². The summed E-state index contributed by atoms with van der Waals surface area (Å²) in [4.78, 5) is 23.1. The Balaban J connectivity index is 0.918. The first-order valence-corrected chi connectivity index (χ1v) is 18.3. The van der Waals surface area contributed by atoms with Gasteiger partial charge in [0.15, 0.2) is 0 Å². The molecular formula is C50H30N2O3. The van der Waals surface area contributed by atoms with E-state index >= 15 is 0 Å². The minimum atomic E-state index is 0.672. The molecule has 3 heterocycles. The third-order valence-electron chi connectivity index (χ3n) is 11.1. The van der Waals surface area contributed by atoms with Crippen LogP contribution < -0.4 is 0 Å². The van der Waals surface area contributed by atoms with Gasteiger partial charge in [0.2, 0.25) is 0 Å². The van der Waals surface area contributed by atoms with Crippen LogP contribution in [0.15, 0.2) is 174 Å². The van der Waals surface area contributed by atoms with Crippen molar-refractivity contribution < 1.29 is 14.0 Å². The fourth-order valence-electron chi connectivity index (χ4n) is 8.43. The largest absolute Gasteiger partial charge is 0.456 e. The molecule has 5 nitrogen and oxygen atoms in total. The molecule has 0 bridgehead atoms. The summed E-state index contributed by atoms with van der Waals surface area (Å²) in [5, 5.41) is 6.54. The number of fused-ring (bicyclic) bond motifs is 9. The Labute approximate surface area is 314 Å². The summed E-state index contributed by atoms with van der Waals surface area (Å²) in [6.45, 7) is 0. The lowest BCUT2D eigenvalue weighted by atomic mass is 10.0. The molecule has 0 saturated carbocycles. The zero-order valence-electron chi connectivity index (χ0n) is 29.4. The molecule has 5 heteroatoms. The van der Waals surface area contributed by atoms with Crippen LogP contribution in [0.25, 0.3) is 99.2 Å². The third-order valence-corrected chi connectivity index (χ3v) is 11.1. The van der Waals surface area contributed by atoms with Crippen molar-refractivity contribution in [3.8, 4) is 33.6 Å². The molecule has 55 heavy (non-hydrogen) atoms. The van der Waals surface area contributed by atoms with Gasteiger partial charge in [0, 0.05) is 54.8 Å².